The van der Waals surface area contributed by atoms with Crippen LogP contribution >= 0.6 is 46.6 Å². The van der Waals surface area contributed by atoms with Gasteiger partial charge in [-0.3, -0.25) is 4.79 Å². The first-order chi connectivity index (χ1) is 12.9. The van der Waals surface area contributed by atoms with E-state index < -0.39 is 0 Å². The van der Waals surface area contributed by atoms with Crippen LogP contribution in [0.3, 0.4) is 0 Å². The van der Waals surface area contributed by atoms with Gasteiger partial charge in [-0.1, -0.05) is 53.0 Å². The first-order valence-corrected chi connectivity index (χ1v) is 10.2. The first kappa shape index (κ1) is 19.9. The monoisotopic (exact) mass is 434 g/mol. The summed E-state index contributed by atoms with van der Waals surface area (Å²) in [5.74, 6) is 0. The van der Waals surface area contributed by atoms with Gasteiger partial charge in [-0.25, -0.2) is 0 Å². The summed E-state index contributed by atoms with van der Waals surface area (Å²) in [4.78, 5) is 13.7. The van der Waals surface area contributed by atoms with Gasteiger partial charge >= 0.3 is 0 Å². The van der Waals surface area contributed by atoms with E-state index in [2.05, 4.69) is 0 Å². The molecule has 0 aliphatic carbocycles. The molecular formula is C20H13Cl3N2OS. The van der Waals surface area contributed by atoms with Crippen molar-refractivity contribution in [2.75, 3.05) is 6.26 Å². The van der Waals surface area contributed by atoms with Crippen LogP contribution in [0.1, 0.15) is 11.1 Å². The number of hydrogen-bond acceptors (Lipinski definition) is 3. The predicted octanol–water partition coefficient (Wildman–Crippen LogP) is 6.12. The van der Waals surface area contributed by atoms with Crippen molar-refractivity contribution < 1.29 is 0 Å². The molecule has 0 aliphatic heterocycles. The van der Waals surface area contributed by atoms with E-state index >= 15 is 0 Å². The number of thioether (sulfide) groups is 1. The number of rotatable bonds is 4. The van der Waals surface area contributed by atoms with Crippen molar-refractivity contribution in [2.45, 2.75) is 11.4 Å². The van der Waals surface area contributed by atoms with Crippen LogP contribution in [0.4, 0.5) is 0 Å². The molecule has 7 heteroatoms. The van der Waals surface area contributed by atoms with E-state index in [9.17, 15) is 10.1 Å². The van der Waals surface area contributed by atoms with E-state index in [0.29, 0.717) is 25.7 Å². The van der Waals surface area contributed by atoms with Crippen molar-refractivity contribution in [1.82, 2.24) is 4.57 Å². The van der Waals surface area contributed by atoms with Crippen molar-refractivity contribution in [3.8, 4) is 17.3 Å². The van der Waals surface area contributed by atoms with E-state index in [0.717, 1.165) is 11.1 Å². The normalized spacial score (nSPS) is 10.6. The lowest BCUT2D eigenvalue weighted by Crippen LogP contribution is -2.25. The molecule has 27 heavy (non-hydrogen) atoms. The van der Waals surface area contributed by atoms with E-state index in [1.807, 2.05) is 30.5 Å². The Morgan fingerprint density at radius 2 is 1.74 bits per heavy atom. The molecule has 0 aliphatic rings. The van der Waals surface area contributed by atoms with Crippen molar-refractivity contribution >= 4 is 46.6 Å². The highest BCUT2D eigenvalue weighted by molar-refractivity contribution is 7.98. The third kappa shape index (κ3) is 4.17. The van der Waals surface area contributed by atoms with Crippen LogP contribution in [-0.4, -0.2) is 10.8 Å². The molecule has 0 saturated heterocycles. The Labute approximate surface area is 176 Å². The van der Waals surface area contributed by atoms with E-state index in [4.69, 9.17) is 34.8 Å². The molecule has 136 valence electrons. The SMILES string of the molecule is CSc1cc(-c2ccc(Cl)cc2)n(Cc2ccc(Cl)c(Cl)c2)c(=O)c1C#N. The first-order valence-electron chi connectivity index (χ1n) is 7.86. The number of hydrogen-bond donors (Lipinski definition) is 0. The van der Waals surface area contributed by atoms with Gasteiger partial charge < -0.3 is 4.57 Å². The molecule has 0 bridgehead atoms. The Morgan fingerprint density at radius 1 is 1.04 bits per heavy atom. The van der Waals surface area contributed by atoms with Crippen LogP contribution in [0.5, 0.6) is 0 Å². The summed E-state index contributed by atoms with van der Waals surface area (Å²) >= 11 is 19.5. The van der Waals surface area contributed by atoms with Gasteiger partial charge in [0.1, 0.15) is 11.6 Å². The summed E-state index contributed by atoms with van der Waals surface area (Å²) < 4.78 is 1.57. The lowest BCUT2D eigenvalue weighted by atomic mass is 10.1. The van der Waals surface area contributed by atoms with Crippen molar-refractivity contribution in [2.24, 2.45) is 0 Å². The van der Waals surface area contributed by atoms with Gasteiger partial charge in [-0.2, -0.15) is 5.26 Å². The van der Waals surface area contributed by atoms with Crippen LogP contribution in [0.15, 0.2) is 58.2 Å². The predicted molar refractivity (Wildman–Crippen MR) is 113 cm³/mol. The summed E-state index contributed by atoms with van der Waals surface area (Å²) in [6.07, 6.45) is 1.84. The second-order valence-electron chi connectivity index (χ2n) is 5.73. The minimum Gasteiger partial charge on any atom is -0.303 e. The molecule has 0 atom stereocenters. The molecule has 1 aromatic heterocycles. The summed E-state index contributed by atoms with van der Waals surface area (Å²) in [7, 11) is 0. The number of halogens is 3. The topological polar surface area (TPSA) is 45.8 Å². The molecule has 2 aromatic carbocycles. The smallest absolute Gasteiger partial charge is 0.270 e. The summed E-state index contributed by atoms with van der Waals surface area (Å²) in [6, 6.07) is 16.3. The molecule has 0 saturated carbocycles. The minimum absolute atomic E-state index is 0.125. The average Bonchev–Trinajstić information content (AvgIpc) is 2.66. The highest BCUT2D eigenvalue weighted by Crippen LogP contribution is 2.28. The fraction of sp³-hybridized carbons (Fsp3) is 0.100. The van der Waals surface area contributed by atoms with Crippen molar-refractivity contribution in [1.29, 1.82) is 5.26 Å². The van der Waals surface area contributed by atoms with Gasteiger partial charge in [0.05, 0.1) is 22.3 Å². The molecule has 0 fully saturated rings. The number of nitrogens with zero attached hydrogens (tertiary/aromatic N) is 2. The van der Waals surface area contributed by atoms with Gasteiger partial charge in [0.2, 0.25) is 0 Å². The molecule has 3 nitrogen and oxygen atoms in total. The summed E-state index contributed by atoms with van der Waals surface area (Å²) in [6.45, 7) is 0.261. The fourth-order valence-corrected chi connectivity index (χ4v) is 3.74. The Balaban J connectivity index is 2.23. The lowest BCUT2D eigenvalue weighted by Gasteiger charge is -2.16. The van der Waals surface area contributed by atoms with Gasteiger partial charge in [0, 0.05) is 9.92 Å². The van der Waals surface area contributed by atoms with E-state index in [1.54, 1.807) is 34.9 Å². The Hall–Kier alpha value is -1.90. The van der Waals surface area contributed by atoms with E-state index in [1.165, 1.54) is 11.8 Å². The zero-order valence-corrected chi connectivity index (χ0v) is 17.3. The van der Waals surface area contributed by atoms with Crippen molar-refractivity contribution in [3.63, 3.8) is 0 Å². The highest BCUT2D eigenvalue weighted by atomic mass is 35.5. The second-order valence-corrected chi connectivity index (χ2v) is 7.83. The minimum atomic E-state index is -0.347. The standard InChI is InChI=1S/C20H13Cl3N2OS/c1-27-19-9-18(13-3-5-14(21)6-4-13)25(20(26)15(19)10-24)11-12-2-7-16(22)17(23)8-12/h2-9H,11H2,1H3. The number of aromatic nitrogens is 1. The molecule has 0 spiro atoms. The maximum atomic E-state index is 13.0. The van der Waals surface area contributed by atoms with Crippen LogP contribution in [0.2, 0.25) is 15.1 Å². The maximum Gasteiger partial charge on any atom is 0.270 e. The lowest BCUT2D eigenvalue weighted by molar-refractivity contribution is 0.759. The largest absolute Gasteiger partial charge is 0.303 e. The van der Waals surface area contributed by atoms with E-state index in [-0.39, 0.29) is 17.7 Å². The summed E-state index contributed by atoms with van der Waals surface area (Å²) in [5, 5.41) is 10.9. The number of nitriles is 1. The molecular weight excluding hydrogens is 423 g/mol. The zero-order valence-electron chi connectivity index (χ0n) is 14.2. The maximum absolute atomic E-state index is 13.0. The van der Waals surface area contributed by atoms with Crippen molar-refractivity contribution in [3.05, 3.63) is 85.1 Å². The summed E-state index contributed by atoms with van der Waals surface area (Å²) in [5.41, 5.74) is 2.12. The Kier molecular flexibility index (Phi) is 6.18. The Morgan fingerprint density at radius 3 is 2.33 bits per heavy atom. The molecule has 0 unspecified atom stereocenters. The quantitative estimate of drug-likeness (QED) is 0.464. The molecule has 3 aromatic rings. The molecule has 0 radical (unpaired) electrons. The second kappa shape index (κ2) is 8.41. The Bertz CT molecular complexity index is 1100. The average molecular weight is 436 g/mol. The number of pyridine rings is 1. The third-order valence-corrected chi connectivity index (χ3v) is 5.81. The molecule has 0 N–H and O–H groups in total. The molecule has 0 amide bonds. The zero-order chi connectivity index (χ0) is 19.6. The van der Waals surface area contributed by atoms with Crippen LogP contribution < -0.4 is 5.56 Å². The third-order valence-electron chi connectivity index (χ3n) is 4.06. The van der Waals surface area contributed by atoms with Gasteiger partial charge in [-0.15, -0.1) is 11.8 Å². The van der Waals surface area contributed by atoms with Gasteiger partial charge in [0.15, 0.2) is 0 Å². The van der Waals surface area contributed by atoms with Gasteiger partial charge in [0.25, 0.3) is 5.56 Å². The fourth-order valence-electron chi connectivity index (χ4n) is 2.73. The molecule has 1 heterocycles. The highest BCUT2D eigenvalue weighted by Gasteiger charge is 2.16. The van der Waals surface area contributed by atoms with Crippen LogP contribution in [-0.2, 0) is 6.54 Å². The van der Waals surface area contributed by atoms with Gasteiger partial charge in [-0.05, 0) is 47.7 Å². The van der Waals surface area contributed by atoms with Crippen LogP contribution in [0, 0.1) is 11.3 Å². The molecule has 3 rings (SSSR count). The van der Waals surface area contributed by atoms with Crippen LogP contribution in [0.25, 0.3) is 11.3 Å². The number of benzene rings is 2.